The Morgan fingerprint density at radius 1 is 1.32 bits per heavy atom. The van der Waals surface area contributed by atoms with Crippen LogP contribution in [0.2, 0.25) is 5.28 Å². The number of alkyl halides is 3. The topological polar surface area (TPSA) is 73.1 Å². The molecule has 0 aliphatic carbocycles. The monoisotopic (exact) mass is 372 g/mol. The summed E-state index contributed by atoms with van der Waals surface area (Å²) in [7, 11) is 1.74. The molecule has 132 valence electrons. The summed E-state index contributed by atoms with van der Waals surface area (Å²) < 4.78 is 46.5. The van der Waals surface area contributed by atoms with E-state index in [9.17, 15) is 13.2 Å². The van der Waals surface area contributed by atoms with Gasteiger partial charge in [0.25, 0.3) is 0 Å². The molecule has 0 bridgehead atoms. The Balaban J connectivity index is 2.18. The van der Waals surface area contributed by atoms with E-state index in [4.69, 9.17) is 21.4 Å². The van der Waals surface area contributed by atoms with E-state index in [0.29, 0.717) is 11.0 Å². The zero-order valence-electron chi connectivity index (χ0n) is 12.9. The highest BCUT2D eigenvalue weighted by molar-refractivity contribution is 6.28. The summed E-state index contributed by atoms with van der Waals surface area (Å²) in [5.41, 5.74) is -0.201. The van der Waals surface area contributed by atoms with Crippen LogP contribution < -0.4 is 4.74 Å². The lowest BCUT2D eigenvalue weighted by molar-refractivity contribution is -0.139. The van der Waals surface area contributed by atoms with Crippen LogP contribution in [-0.4, -0.2) is 37.8 Å². The molecule has 3 rings (SSSR count). The largest absolute Gasteiger partial charge is 0.475 e. The number of halogens is 4. The third-order valence-corrected chi connectivity index (χ3v) is 3.63. The second kappa shape index (κ2) is 6.49. The van der Waals surface area contributed by atoms with Crippen molar-refractivity contribution in [3.63, 3.8) is 0 Å². The number of ether oxygens (including phenoxy) is 1. The van der Waals surface area contributed by atoms with E-state index in [0.717, 1.165) is 6.07 Å². The number of aliphatic hydroxyl groups excluding tert-OH is 1. The standard InChI is InChI=1S/C15H12ClF3N4O2/c1-23-3-2-9-11(21-14(16)22-12(9)23)8-6-10(15(17,18)19)13(20-7-8)25-5-4-24/h2-3,6-7,24H,4-5H2,1H3. The minimum atomic E-state index is -4.68. The highest BCUT2D eigenvalue weighted by Gasteiger charge is 2.36. The van der Waals surface area contributed by atoms with E-state index in [-0.39, 0.29) is 23.1 Å². The van der Waals surface area contributed by atoms with Crippen molar-refractivity contribution in [3.8, 4) is 17.1 Å². The Morgan fingerprint density at radius 2 is 2.08 bits per heavy atom. The molecule has 1 N–H and O–H groups in total. The number of hydrogen-bond donors (Lipinski definition) is 1. The molecule has 0 aliphatic heterocycles. The van der Waals surface area contributed by atoms with Gasteiger partial charge in [-0.2, -0.15) is 18.2 Å². The van der Waals surface area contributed by atoms with Crippen LogP contribution in [0, 0.1) is 0 Å². The van der Waals surface area contributed by atoms with Crippen molar-refractivity contribution >= 4 is 22.6 Å². The molecule has 0 fully saturated rings. The maximum atomic E-state index is 13.3. The molecule has 0 unspecified atom stereocenters. The Hall–Kier alpha value is -2.39. The second-order valence-corrected chi connectivity index (χ2v) is 5.49. The number of aromatic nitrogens is 4. The smallest absolute Gasteiger partial charge is 0.421 e. The molecular weight excluding hydrogens is 361 g/mol. The maximum absolute atomic E-state index is 13.3. The SMILES string of the molecule is Cn1ccc2c(-c3cnc(OCCO)c(C(F)(F)F)c3)nc(Cl)nc21. The number of aliphatic hydroxyl groups is 1. The molecule has 6 nitrogen and oxygen atoms in total. The van der Waals surface area contributed by atoms with Gasteiger partial charge in [0, 0.05) is 30.4 Å². The van der Waals surface area contributed by atoms with Crippen molar-refractivity contribution < 1.29 is 23.0 Å². The third-order valence-electron chi connectivity index (χ3n) is 3.46. The van der Waals surface area contributed by atoms with E-state index in [1.165, 1.54) is 6.20 Å². The van der Waals surface area contributed by atoms with Crippen molar-refractivity contribution in [2.24, 2.45) is 7.05 Å². The summed E-state index contributed by atoms with van der Waals surface area (Å²) in [6.45, 7) is -0.718. The van der Waals surface area contributed by atoms with Crippen molar-refractivity contribution in [2.75, 3.05) is 13.2 Å². The molecule has 0 saturated carbocycles. The van der Waals surface area contributed by atoms with Crippen molar-refractivity contribution in [1.29, 1.82) is 0 Å². The van der Waals surface area contributed by atoms with Gasteiger partial charge in [-0.25, -0.2) is 9.97 Å². The van der Waals surface area contributed by atoms with Crippen molar-refractivity contribution in [3.05, 3.63) is 35.4 Å². The Labute approximate surface area is 144 Å². The lowest BCUT2D eigenvalue weighted by Gasteiger charge is -2.14. The van der Waals surface area contributed by atoms with Gasteiger partial charge in [0.2, 0.25) is 11.2 Å². The molecule has 0 atom stereocenters. The highest BCUT2D eigenvalue weighted by atomic mass is 35.5. The third kappa shape index (κ3) is 3.38. The van der Waals surface area contributed by atoms with Gasteiger partial charge >= 0.3 is 6.18 Å². The minimum Gasteiger partial charge on any atom is -0.475 e. The molecule has 0 aromatic carbocycles. The van der Waals surface area contributed by atoms with Gasteiger partial charge in [0.05, 0.1) is 12.3 Å². The lowest BCUT2D eigenvalue weighted by atomic mass is 10.1. The van der Waals surface area contributed by atoms with Gasteiger partial charge < -0.3 is 14.4 Å². The number of fused-ring (bicyclic) bond motifs is 1. The molecule has 3 aromatic heterocycles. The molecule has 3 aromatic rings. The van der Waals surface area contributed by atoms with Gasteiger partial charge in [-0.1, -0.05) is 0 Å². The molecule has 0 spiro atoms. The quantitative estimate of drug-likeness (QED) is 0.712. The summed E-state index contributed by atoms with van der Waals surface area (Å²) in [6.07, 6.45) is -1.76. The maximum Gasteiger partial charge on any atom is 0.421 e. The molecule has 0 amide bonds. The van der Waals surface area contributed by atoms with Gasteiger partial charge in [-0.05, 0) is 23.7 Å². The fraction of sp³-hybridized carbons (Fsp3) is 0.267. The van der Waals surface area contributed by atoms with Crippen LogP contribution in [0.15, 0.2) is 24.5 Å². The first-order valence-electron chi connectivity index (χ1n) is 7.11. The van der Waals surface area contributed by atoms with Gasteiger partial charge in [0.1, 0.15) is 17.8 Å². The van der Waals surface area contributed by atoms with Crippen LogP contribution in [0.3, 0.4) is 0 Å². The summed E-state index contributed by atoms with van der Waals surface area (Å²) in [4.78, 5) is 11.9. The summed E-state index contributed by atoms with van der Waals surface area (Å²) in [6, 6.07) is 2.58. The summed E-state index contributed by atoms with van der Waals surface area (Å²) in [5.74, 6) is -0.602. The fourth-order valence-corrected chi connectivity index (χ4v) is 2.54. The molecule has 25 heavy (non-hydrogen) atoms. The van der Waals surface area contributed by atoms with Crippen molar-refractivity contribution in [1.82, 2.24) is 19.5 Å². The summed E-state index contributed by atoms with van der Waals surface area (Å²) >= 11 is 5.90. The van der Waals surface area contributed by atoms with Crippen LogP contribution in [0.1, 0.15) is 5.56 Å². The first-order valence-corrected chi connectivity index (χ1v) is 7.49. The van der Waals surface area contributed by atoms with E-state index in [1.54, 1.807) is 23.9 Å². The zero-order valence-corrected chi connectivity index (χ0v) is 13.6. The van der Waals surface area contributed by atoms with Crippen LogP contribution in [-0.2, 0) is 13.2 Å². The van der Waals surface area contributed by atoms with Gasteiger partial charge in [-0.15, -0.1) is 0 Å². The van der Waals surface area contributed by atoms with Gasteiger partial charge in [-0.3, -0.25) is 0 Å². The van der Waals surface area contributed by atoms with E-state index < -0.39 is 24.2 Å². The van der Waals surface area contributed by atoms with Crippen LogP contribution in [0.5, 0.6) is 5.88 Å². The predicted molar refractivity (Wildman–Crippen MR) is 84.3 cm³/mol. The van der Waals surface area contributed by atoms with Crippen LogP contribution in [0.25, 0.3) is 22.3 Å². The first-order chi connectivity index (χ1) is 11.8. The molecule has 0 aliphatic rings. The minimum absolute atomic E-state index is 0.0848. The fourth-order valence-electron chi connectivity index (χ4n) is 2.37. The Bertz CT molecular complexity index is 927. The first kappa shape index (κ1) is 17.4. The molecular formula is C15H12ClF3N4O2. The Kier molecular flexibility index (Phi) is 4.53. The van der Waals surface area contributed by atoms with Gasteiger partial charge in [0.15, 0.2) is 0 Å². The number of pyridine rings is 1. The average Bonchev–Trinajstić information content (AvgIpc) is 2.92. The number of hydrogen-bond acceptors (Lipinski definition) is 5. The molecule has 0 saturated heterocycles. The second-order valence-electron chi connectivity index (χ2n) is 5.15. The van der Waals surface area contributed by atoms with Crippen LogP contribution >= 0.6 is 11.6 Å². The average molecular weight is 373 g/mol. The number of rotatable bonds is 4. The number of nitrogens with zero attached hydrogens (tertiary/aromatic N) is 4. The Morgan fingerprint density at radius 3 is 2.76 bits per heavy atom. The van der Waals surface area contributed by atoms with E-state index in [2.05, 4.69) is 15.0 Å². The van der Waals surface area contributed by atoms with E-state index >= 15 is 0 Å². The number of aryl methyl sites for hydroxylation is 1. The highest BCUT2D eigenvalue weighted by Crippen LogP contribution is 2.38. The zero-order chi connectivity index (χ0) is 18.2. The summed E-state index contributed by atoms with van der Waals surface area (Å²) in [5, 5.41) is 9.20. The molecule has 10 heteroatoms. The van der Waals surface area contributed by atoms with Crippen LogP contribution in [0.4, 0.5) is 13.2 Å². The van der Waals surface area contributed by atoms with E-state index in [1.807, 2.05) is 0 Å². The molecule has 3 heterocycles. The predicted octanol–water partition coefficient (Wildman–Crippen LogP) is 3.07. The lowest BCUT2D eigenvalue weighted by Crippen LogP contribution is -2.12. The molecule has 0 radical (unpaired) electrons. The van der Waals surface area contributed by atoms with Crippen molar-refractivity contribution in [2.45, 2.75) is 6.18 Å². The normalized spacial score (nSPS) is 11.9.